The van der Waals surface area contributed by atoms with Gasteiger partial charge in [0.05, 0.1) is 17.1 Å². The Morgan fingerprint density at radius 2 is 2.06 bits per heavy atom. The van der Waals surface area contributed by atoms with Crippen molar-refractivity contribution in [1.82, 2.24) is 5.32 Å². The highest BCUT2D eigenvalue weighted by Gasteiger charge is 2.42. The van der Waals surface area contributed by atoms with E-state index < -0.39 is 16.8 Å². The normalized spacial score (nSPS) is 20.7. The van der Waals surface area contributed by atoms with Gasteiger partial charge in [-0.3, -0.25) is 14.9 Å². The SMILES string of the molecule is CCOC(=O)C1=C(C)NC2=C(C(=O)C[C@@H](c3cccs3)C2)[C@@H]1c1ccc(C)c([N+](=O)[O-])c1. The molecule has 1 aliphatic heterocycles. The van der Waals surface area contributed by atoms with Crippen LogP contribution in [0.4, 0.5) is 5.69 Å². The smallest absolute Gasteiger partial charge is 0.336 e. The Bertz CT molecular complexity index is 1160. The Balaban J connectivity index is 1.86. The molecule has 1 aromatic heterocycles. The van der Waals surface area contributed by atoms with Crippen molar-refractivity contribution in [2.24, 2.45) is 0 Å². The van der Waals surface area contributed by atoms with E-state index >= 15 is 0 Å². The molecule has 0 bridgehead atoms. The molecule has 0 radical (unpaired) electrons. The number of allylic oxidation sites excluding steroid dienone is 3. The largest absolute Gasteiger partial charge is 0.463 e. The van der Waals surface area contributed by atoms with Crippen molar-refractivity contribution in [2.45, 2.75) is 45.4 Å². The van der Waals surface area contributed by atoms with Crippen molar-refractivity contribution >= 4 is 28.8 Å². The van der Waals surface area contributed by atoms with Gasteiger partial charge < -0.3 is 10.1 Å². The van der Waals surface area contributed by atoms with Crippen LogP contribution in [-0.4, -0.2) is 23.3 Å². The van der Waals surface area contributed by atoms with Crippen molar-refractivity contribution in [1.29, 1.82) is 0 Å². The zero-order valence-corrected chi connectivity index (χ0v) is 19.0. The predicted octanol–water partition coefficient (Wildman–Crippen LogP) is 4.89. The van der Waals surface area contributed by atoms with Crippen LogP contribution in [-0.2, 0) is 14.3 Å². The number of carbonyl (C=O) groups excluding carboxylic acids is 2. The van der Waals surface area contributed by atoms with E-state index in [0.717, 1.165) is 10.6 Å². The third-order valence-electron chi connectivity index (χ3n) is 6.03. The van der Waals surface area contributed by atoms with E-state index in [1.807, 2.05) is 17.5 Å². The van der Waals surface area contributed by atoms with E-state index in [4.69, 9.17) is 4.74 Å². The molecule has 8 heteroatoms. The van der Waals surface area contributed by atoms with E-state index in [1.54, 1.807) is 44.2 Å². The van der Waals surface area contributed by atoms with Crippen LogP contribution in [0.15, 0.2) is 58.3 Å². The maximum atomic E-state index is 13.4. The van der Waals surface area contributed by atoms with Crippen LogP contribution in [0, 0.1) is 17.0 Å². The quantitative estimate of drug-likeness (QED) is 0.394. The van der Waals surface area contributed by atoms with Gasteiger partial charge in [0.15, 0.2) is 5.78 Å². The van der Waals surface area contributed by atoms with Gasteiger partial charge in [-0.25, -0.2) is 4.79 Å². The Labute approximate surface area is 189 Å². The summed E-state index contributed by atoms with van der Waals surface area (Å²) in [5.41, 5.74) is 3.24. The van der Waals surface area contributed by atoms with Crippen LogP contribution < -0.4 is 5.32 Å². The molecule has 0 spiro atoms. The molecule has 0 fully saturated rings. The third-order valence-corrected chi connectivity index (χ3v) is 7.07. The molecule has 0 saturated heterocycles. The van der Waals surface area contributed by atoms with Crippen molar-refractivity contribution in [3.05, 3.63) is 84.4 Å². The van der Waals surface area contributed by atoms with Gasteiger partial charge >= 0.3 is 5.97 Å². The first-order chi connectivity index (χ1) is 15.3. The fourth-order valence-electron chi connectivity index (χ4n) is 4.58. The number of ether oxygens (including phenoxy) is 1. The third kappa shape index (κ3) is 3.86. The summed E-state index contributed by atoms with van der Waals surface area (Å²) in [6.45, 7) is 5.36. The number of Topliss-reactive ketones (excluding diaryl/α,β-unsaturated/α-hetero) is 1. The highest BCUT2D eigenvalue weighted by atomic mass is 32.1. The molecular weight excluding hydrogens is 428 g/mol. The van der Waals surface area contributed by atoms with Crippen molar-refractivity contribution in [3.63, 3.8) is 0 Å². The second-order valence-corrected chi connectivity index (χ2v) is 9.04. The Kier molecular flexibility index (Phi) is 5.97. The molecule has 7 nitrogen and oxygen atoms in total. The minimum Gasteiger partial charge on any atom is -0.463 e. The highest BCUT2D eigenvalue weighted by Crippen LogP contribution is 2.46. The number of nitro benzene ring substituents is 1. The summed E-state index contributed by atoms with van der Waals surface area (Å²) in [7, 11) is 0. The number of aryl methyl sites for hydroxylation is 1. The zero-order valence-electron chi connectivity index (χ0n) is 18.1. The summed E-state index contributed by atoms with van der Waals surface area (Å²) in [4.78, 5) is 38.6. The number of nitrogens with zero attached hydrogens (tertiary/aromatic N) is 1. The minimum atomic E-state index is -0.707. The number of nitro groups is 1. The molecule has 2 aliphatic rings. The number of dihydropyridines is 1. The molecular formula is C24H24N2O5S. The maximum Gasteiger partial charge on any atom is 0.336 e. The van der Waals surface area contributed by atoms with Gasteiger partial charge in [0.25, 0.3) is 5.69 Å². The molecule has 4 rings (SSSR count). The average molecular weight is 453 g/mol. The number of esters is 1. The highest BCUT2D eigenvalue weighted by molar-refractivity contribution is 7.10. The first-order valence-electron chi connectivity index (χ1n) is 10.5. The molecule has 1 aliphatic carbocycles. The first-order valence-corrected chi connectivity index (χ1v) is 11.4. The molecule has 1 aromatic carbocycles. The molecule has 2 atom stereocenters. The number of thiophene rings is 1. The van der Waals surface area contributed by atoms with Gasteiger partial charge in [-0.05, 0) is 44.2 Å². The first kappa shape index (κ1) is 22.0. The van der Waals surface area contributed by atoms with Gasteiger partial charge in [-0.1, -0.05) is 18.2 Å². The summed E-state index contributed by atoms with van der Waals surface area (Å²) in [6.07, 6.45) is 0.972. The molecule has 166 valence electrons. The zero-order chi connectivity index (χ0) is 23.0. The fourth-order valence-corrected chi connectivity index (χ4v) is 5.41. The summed E-state index contributed by atoms with van der Waals surface area (Å²) in [5, 5.41) is 16.9. The molecule has 1 N–H and O–H groups in total. The van der Waals surface area contributed by atoms with Gasteiger partial charge in [0.1, 0.15) is 0 Å². The molecule has 0 saturated carbocycles. The molecule has 0 unspecified atom stereocenters. The van der Waals surface area contributed by atoms with E-state index in [2.05, 4.69) is 5.32 Å². The summed E-state index contributed by atoms with van der Waals surface area (Å²) in [6, 6.07) is 8.90. The van der Waals surface area contributed by atoms with Crippen LogP contribution in [0.1, 0.15) is 54.5 Å². The second kappa shape index (κ2) is 8.70. The number of benzene rings is 1. The second-order valence-electron chi connectivity index (χ2n) is 8.06. The molecule has 0 amide bonds. The topological polar surface area (TPSA) is 98.5 Å². The predicted molar refractivity (Wildman–Crippen MR) is 121 cm³/mol. The van der Waals surface area contributed by atoms with Gasteiger partial charge in [0, 0.05) is 51.7 Å². The number of hydrogen-bond acceptors (Lipinski definition) is 7. The van der Waals surface area contributed by atoms with Crippen molar-refractivity contribution in [2.75, 3.05) is 6.61 Å². The number of rotatable bonds is 5. The molecule has 2 aromatic rings. The van der Waals surface area contributed by atoms with E-state index in [0.29, 0.717) is 40.8 Å². The summed E-state index contributed by atoms with van der Waals surface area (Å²) >= 11 is 1.62. The van der Waals surface area contributed by atoms with Gasteiger partial charge in [0.2, 0.25) is 0 Å². The minimum absolute atomic E-state index is 0.0382. The van der Waals surface area contributed by atoms with E-state index in [1.165, 1.54) is 6.07 Å². The Morgan fingerprint density at radius 1 is 1.28 bits per heavy atom. The van der Waals surface area contributed by atoms with Gasteiger partial charge in [-0.15, -0.1) is 11.3 Å². The monoisotopic (exact) mass is 452 g/mol. The lowest BCUT2D eigenvalue weighted by Crippen LogP contribution is -2.36. The summed E-state index contributed by atoms with van der Waals surface area (Å²) < 4.78 is 5.30. The lowest BCUT2D eigenvalue weighted by molar-refractivity contribution is -0.385. The van der Waals surface area contributed by atoms with Crippen LogP contribution in [0.25, 0.3) is 0 Å². The number of hydrogen-bond donors (Lipinski definition) is 1. The summed E-state index contributed by atoms with van der Waals surface area (Å²) in [5.74, 6) is -1.22. The van der Waals surface area contributed by atoms with Crippen LogP contribution in [0.5, 0.6) is 0 Å². The van der Waals surface area contributed by atoms with E-state index in [-0.39, 0.29) is 24.0 Å². The fraction of sp³-hybridized carbons (Fsp3) is 0.333. The van der Waals surface area contributed by atoms with Crippen molar-refractivity contribution < 1.29 is 19.2 Å². The molecule has 2 heterocycles. The number of ketones is 1. The van der Waals surface area contributed by atoms with E-state index in [9.17, 15) is 19.7 Å². The Morgan fingerprint density at radius 3 is 2.72 bits per heavy atom. The average Bonchev–Trinajstić information content (AvgIpc) is 3.28. The molecule has 32 heavy (non-hydrogen) atoms. The Hall–Kier alpha value is -3.26. The van der Waals surface area contributed by atoms with Gasteiger partial charge in [-0.2, -0.15) is 0 Å². The number of carbonyl (C=O) groups is 2. The lowest BCUT2D eigenvalue weighted by Gasteiger charge is -2.36. The van der Waals surface area contributed by atoms with Crippen molar-refractivity contribution in [3.8, 4) is 0 Å². The van der Waals surface area contributed by atoms with Crippen LogP contribution >= 0.6 is 11.3 Å². The number of nitrogens with one attached hydrogen (secondary N) is 1. The maximum absolute atomic E-state index is 13.4. The van der Waals surface area contributed by atoms with Crippen LogP contribution in [0.2, 0.25) is 0 Å². The lowest BCUT2D eigenvalue weighted by atomic mass is 9.72. The standard InChI is InChI=1S/C24H24N2O5S/c1-4-31-24(28)21-14(3)25-17-10-16(20-6-5-9-32-20)12-19(27)23(17)22(21)15-8-7-13(2)18(11-15)26(29)30/h5-9,11,16,22,25H,4,10,12H2,1-3H3/t16-,22+/m0/s1. The van der Waals surface area contributed by atoms with Crippen LogP contribution in [0.3, 0.4) is 0 Å².